The van der Waals surface area contributed by atoms with E-state index in [1.165, 1.54) is 0 Å². The number of nitrogens with one attached hydrogen (secondary N) is 1. The van der Waals surface area contributed by atoms with E-state index in [2.05, 4.69) is 17.4 Å². The minimum Gasteiger partial charge on any atom is -0.493 e. The maximum Gasteiger partial charge on any atom is 0.254 e. The van der Waals surface area contributed by atoms with Crippen molar-refractivity contribution in [1.82, 2.24) is 4.90 Å². The molecule has 0 aliphatic carbocycles. The molecule has 1 saturated heterocycles. The quantitative estimate of drug-likeness (QED) is 0.793. The van der Waals surface area contributed by atoms with E-state index in [-0.39, 0.29) is 5.91 Å². The monoisotopic (exact) mass is 388 g/mol. The molecule has 1 aliphatic rings. The maximum atomic E-state index is 12.9. The number of benzene rings is 2. The van der Waals surface area contributed by atoms with Crippen molar-refractivity contribution in [3.05, 3.63) is 53.1 Å². The van der Waals surface area contributed by atoms with Gasteiger partial charge < -0.3 is 19.7 Å². The lowest BCUT2D eigenvalue weighted by atomic mass is 10.0. The summed E-state index contributed by atoms with van der Waals surface area (Å²) in [6.45, 7) is 3.76. The summed E-state index contributed by atoms with van der Waals surface area (Å²) in [5.41, 5.74) is 1.64. The lowest BCUT2D eigenvalue weighted by Gasteiger charge is -2.33. The predicted molar refractivity (Wildman–Crippen MR) is 108 cm³/mol. The molecule has 1 heterocycles. The molecule has 0 aromatic heterocycles. The normalized spacial score (nSPS) is 14.7. The van der Waals surface area contributed by atoms with Crippen molar-refractivity contribution in [2.75, 3.05) is 32.1 Å². The van der Waals surface area contributed by atoms with Gasteiger partial charge in [0.1, 0.15) is 0 Å². The van der Waals surface area contributed by atoms with E-state index in [0.717, 1.165) is 18.5 Å². The molecule has 27 heavy (non-hydrogen) atoms. The number of rotatable bonds is 6. The number of para-hydroxylation sites is 1. The van der Waals surface area contributed by atoms with E-state index in [9.17, 15) is 4.79 Å². The van der Waals surface area contributed by atoms with Gasteiger partial charge in [-0.15, -0.1) is 0 Å². The SMILES string of the molecule is CCOc1c(Cl)cc(C(=O)N2CCC(Nc3ccccc3)CC2)cc1OC. The number of methoxy groups -OCH3 is 1. The summed E-state index contributed by atoms with van der Waals surface area (Å²) in [6.07, 6.45) is 1.81. The summed E-state index contributed by atoms with van der Waals surface area (Å²) in [5, 5.41) is 3.92. The Morgan fingerprint density at radius 3 is 2.56 bits per heavy atom. The lowest BCUT2D eigenvalue weighted by Crippen LogP contribution is -2.42. The number of piperidine rings is 1. The fraction of sp³-hybridized carbons (Fsp3) is 0.381. The second-order valence-corrected chi connectivity index (χ2v) is 6.91. The van der Waals surface area contributed by atoms with Gasteiger partial charge >= 0.3 is 0 Å². The molecule has 1 amide bonds. The van der Waals surface area contributed by atoms with Gasteiger partial charge in [-0.2, -0.15) is 0 Å². The maximum absolute atomic E-state index is 12.9. The van der Waals surface area contributed by atoms with Crippen LogP contribution in [0, 0.1) is 0 Å². The lowest BCUT2D eigenvalue weighted by molar-refractivity contribution is 0.0718. The van der Waals surface area contributed by atoms with Crippen molar-refractivity contribution in [2.45, 2.75) is 25.8 Å². The van der Waals surface area contributed by atoms with Gasteiger partial charge in [-0.05, 0) is 44.0 Å². The number of carbonyl (C=O) groups excluding carboxylic acids is 1. The second kappa shape index (κ2) is 9.00. The smallest absolute Gasteiger partial charge is 0.254 e. The van der Waals surface area contributed by atoms with Crippen molar-refractivity contribution >= 4 is 23.2 Å². The first-order valence-electron chi connectivity index (χ1n) is 9.23. The zero-order valence-electron chi connectivity index (χ0n) is 15.7. The number of amides is 1. The Morgan fingerprint density at radius 1 is 1.22 bits per heavy atom. The first kappa shape index (κ1) is 19.4. The van der Waals surface area contributed by atoms with Crippen LogP contribution in [0.25, 0.3) is 0 Å². The van der Waals surface area contributed by atoms with Crippen LogP contribution in [-0.4, -0.2) is 43.7 Å². The largest absolute Gasteiger partial charge is 0.493 e. The molecule has 1 aliphatic heterocycles. The van der Waals surface area contributed by atoms with Crippen molar-refractivity contribution in [3.8, 4) is 11.5 Å². The number of ether oxygens (including phenoxy) is 2. The van der Waals surface area contributed by atoms with E-state index < -0.39 is 0 Å². The predicted octanol–water partition coefficient (Wildman–Crippen LogP) is 4.46. The van der Waals surface area contributed by atoms with Gasteiger partial charge in [-0.3, -0.25) is 4.79 Å². The molecule has 2 aromatic rings. The summed E-state index contributed by atoms with van der Waals surface area (Å²) in [6, 6.07) is 13.9. The zero-order valence-corrected chi connectivity index (χ0v) is 16.5. The first-order chi connectivity index (χ1) is 13.1. The summed E-state index contributed by atoms with van der Waals surface area (Å²) < 4.78 is 10.9. The number of carbonyl (C=O) groups is 1. The number of hydrogen-bond donors (Lipinski definition) is 1. The van der Waals surface area contributed by atoms with Crippen LogP contribution < -0.4 is 14.8 Å². The molecule has 0 saturated carbocycles. The Kier molecular flexibility index (Phi) is 6.45. The molecule has 1 fully saturated rings. The van der Waals surface area contributed by atoms with Crippen molar-refractivity contribution in [2.24, 2.45) is 0 Å². The molecule has 0 spiro atoms. The van der Waals surface area contributed by atoms with Gasteiger partial charge in [0.25, 0.3) is 5.91 Å². The van der Waals surface area contributed by atoms with Gasteiger partial charge in [0.15, 0.2) is 11.5 Å². The third kappa shape index (κ3) is 4.66. The van der Waals surface area contributed by atoms with Crippen LogP contribution in [-0.2, 0) is 0 Å². The highest BCUT2D eigenvalue weighted by Gasteiger charge is 2.25. The van der Waals surface area contributed by atoms with Crippen LogP contribution in [0.15, 0.2) is 42.5 Å². The topological polar surface area (TPSA) is 50.8 Å². The molecule has 5 nitrogen and oxygen atoms in total. The van der Waals surface area contributed by atoms with Crippen LogP contribution in [0.5, 0.6) is 11.5 Å². The summed E-state index contributed by atoms with van der Waals surface area (Å²) in [4.78, 5) is 14.8. The minimum atomic E-state index is -0.0311. The second-order valence-electron chi connectivity index (χ2n) is 6.50. The highest BCUT2D eigenvalue weighted by Crippen LogP contribution is 2.37. The van der Waals surface area contributed by atoms with Crippen molar-refractivity contribution in [3.63, 3.8) is 0 Å². The average Bonchev–Trinajstić information content (AvgIpc) is 2.70. The zero-order chi connectivity index (χ0) is 19.2. The molecule has 6 heteroatoms. The van der Waals surface area contributed by atoms with Crippen LogP contribution in [0.4, 0.5) is 5.69 Å². The van der Waals surface area contributed by atoms with Gasteiger partial charge in [-0.1, -0.05) is 29.8 Å². The summed E-state index contributed by atoms with van der Waals surface area (Å²) in [7, 11) is 1.54. The van der Waals surface area contributed by atoms with E-state index in [1.807, 2.05) is 30.0 Å². The Morgan fingerprint density at radius 2 is 1.93 bits per heavy atom. The first-order valence-corrected chi connectivity index (χ1v) is 9.61. The Balaban J connectivity index is 1.64. The van der Waals surface area contributed by atoms with Gasteiger partial charge in [-0.25, -0.2) is 0 Å². The van der Waals surface area contributed by atoms with Crippen molar-refractivity contribution in [1.29, 1.82) is 0 Å². The molecule has 144 valence electrons. The molecule has 0 atom stereocenters. The van der Waals surface area contributed by atoms with E-state index in [0.29, 0.717) is 47.8 Å². The molecule has 2 aromatic carbocycles. The third-order valence-corrected chi connectivity index (χ3v) is 4.97. The summed E-state index contributed by atoms with van der Waals surface area (Å²) in [5.74, 6) is 0.925. The van der Waals surface area contributed by atoms with Crippen LogP contribution in [0.2, 0.25) is 5.02 Å². The number of hydrogen-bond acceptors (Lipinski definition) is 4. The molecular formula is C21H25ClN2O3. The van der Waals surface area contributed by atoms with E-state index in [1.54, 1.807) is 19.2 Å². The van der Waals surface area contributed by atoms with Crippen LogP contribution in [0.3, 0.4) is 0 Å². The van der Waals surface area contributed by atoms with Gasteiger partial charge in [0.2, 0.25) is 0 Å². The third-order valence-electron chi connectivity index (χ3n) is 4.69. The highest BCUT2D eigenvalue weighted by molar-refractivity contribution is 6.32. The summed E-state index contributed by atoms with van der Waals surface area (Å²) >= 11 is 6.30. The van der Waals surface area contributed by atoms with E-state index >= 15 is 0 Å². The number of likely N-dealkylation sites (tertiary alicyclic amines) is 1. The van der Waals surface area contributed by atoms with Crippen LogP contribution in [0.1, 0.15) is 30.1 Å². The molecule has 3 rings (SSSR count). The molecule has 0 unspecified atom stereocenters. The fourth-order valence-corrected chi connectivity index (χ4v) is 3.57. The van der Waals surface area contributed by atoms with Crippen LogP contribution >= 0.6 is 11.6 Å². The molecule has 1 N–H and O–H groups in total. The number of nitrogens with zero attached hydrogens (tertiary/aromatic N) is 1. The Labute approximate surface area is 165 Å². The molecule has 0 radical (unpaired) electrons. The van der Waals surface area contributed by atoms with Gasteiger partial charge in [0, 0.05) is 30.4 Å². The molecule has 0 bridgehead atoms. The fourth-order valence-electron chi connectivity index (χ4n) is 3.31. The molecular weight excluding hydrogens is 364 g/mol. The Bertz CT molecular complexity index is 774. The van der Waals surface area contributed by atoms with E-state index in [4.69, 9.17) is 21.1 Å². The van der Waals surface area contributed by atoms with Gasteiger partial charge in [0.05, 0.1) is 18.7 Å². The standard InChI is InChI=1S/C21H25ClN2O3/c1-3-27-20-18(22)13-15(14-19(20)26-2)21(25)24-11-9-17(10-12-24)23-16-7-5-4-6-8-16/h4-8,13-14,17,23H,3,9-12H2,1-2H3. The highest BCUT2D eigenvalue weighted by atomic mass is 35.5. The van der Waals surface area contributed by atoms with Crippen molar-refractivity contribution < 1.29 is 14.3 Å². The average molecular weight is 389 g/mol. The minimum absolute atomic E-state index is 0.0311. The Hall–Kier alpha value is -2.40. The number of halogens is 1. The number of anilines is 1.